The minimum Gasteiger partial charge on any atom is -0.457 e. The molecule has 2 heterocycles. The van der Waals surface area contributed by atoms with Gasteiger partial charge in [0.15, 0.2) is 0 Å². The maximum absolute atomic E-state index is 13.2. The van der Waals surface area contributed by atoms with Gasteiger partial charge in [-0.2, -0.15) is 0 Å². The molecule has 1 atom stereocenters. The summed E-state index contributed by atoms with van der Waals surface area (Å²) < 4.78 is 38.9. The molecule has 1 aliphatic rings. The zero-order chi connectivity index (χ0) is 27.4. The molecule has 1 amide bonds. The molecule has 3 aromatic carbocycles. The number of carbonyl (C=O) groups excluding carboxylic acids is 1. The Kier molecular flexibility index (Phi) is 8.30. The Morgan fingerprint density at radius 1 is 1.13 bits per heavy atom. The first-order valence-corrected chi connectivity index (χ1v) is 13.3. The second kappa shape index (κ2) is 11.5. The van der Waals surface area contributed by atoms with Gasteiger partial charge in [0.25, 0.3) is 5.91 Å². The highest BCUT2D eigenvalue weighted by Crippen LogP contribution is 2.41. The van der Waals surface area contributed by atoms with Crippen LogP contribution in [0, 0.1) is 5.82 Å². The number of hydrogen-bond donors (Lipinski definition) is 3. The fraction of sp³-hybridized carbons (Fsp3) is 0.276. The third kappa shape index (κ3) is 5.96. The zero-order valence-electron chi connectivity index (χ0n) is 21.9. The summed E-state index contributed by atoms with van der Waals surface area (Å²) in [4.78, 5) is 13.0. The van der Waals surface area contributed by atoms with E-state index in [0.717, 1.165) is 34.2 Å². The molecule has 0 saturated heterocycles. The highest BCUT2D eigenvalue weighted by Gasteiger charge is 2.30. The van der Waals surface area contributed by atoms with E-state index >= 15 is 0 Å². The molecule has 200 valence electrons. The second-order valence-corrected chi connectivity index (χ2v) is 9.82. The van der Waals surface area contributed by atoms with Crippen molar-refractivity contribution in [2.45, 2.75) is 32.5 Å². The summed E-state index contributed by atoms with van der Waals surface area (Å²) in [6.45, 7) is 6.76. The number of halogens is 1. The van der Waals surface area contributed by atoms with Gasteiger partial charge in [-0.05, 0) is 87.4 Å². The molecular formula is C29H31FN2O5S. The largest absolute Gasteiger partial charge is 0.457 e. The second-order valence-electron chi connectivity index (χ2n) is 9.46. The fourth-order valence-corrected chi connectivity index (χ4v) is 4.41. The molecule has 1 unspecified atom stereocenters. The van der Waals surface area contributed by atoms with Crippen LogP contribution in [0.5, 0.6) is 11.5 Å². The molecule has 0 bridgehead atoms. The lowest BCUT2D eigenvalue weighted by Gasteiger charge is -2.25. The summed E-state index contributed by atoms with van der Waals surface area (Å²) >= 11 is 0.750. The van der Waals surface area contributed by atoms with Crippen molar-refractivity contribution in [3.8, 4) is 22.8 Å². The first kappa shape index (κ1) is 27.5. The summed E-state index contributed by atoms with van der Waals surface area (Å²) in [6.07, 6.45) is 1.44. The van der Waals surface area contributed by atoms with E-state index in [1.165, 1.54) is 12.1 Å². The molecule has 0 saturated carbocycles. The minimum absolute atomic E-state index is 0.154. The van der Waals surface area contributed by atoms with E-state index in [2.05, 4.69) is 10.6 Å². The van der Waals surface area contributed by atoms with Crippen molar-refractivity contribution in [2.24, 2.45) is 0 Å². The molecule has 1 aromatic heterocycles. The van der Waals surface area contributed by atoms with Crippen LogP contribution in [-0.2, 0) is 4.74 Å². The average Bonchev–Trinajstić information content (AvgIpc) is 3.21. The van der Waals surface area contributed by atoms with Gasteiger partial charge in [-0.3, -0.25) is 4.79 Å². The van der Waals surface area contributed by atoms with E-state index in [1.807, 2.05) is 45.0 Å². The Bertz CT molecular complexity index is 1420. The molecule has 9 heteroatoms. The number of ether oxygens (including phenoxy) is 2. The van der Waals surface area contributed by atoms with E-state index < -0.39 is 0 Å². The SMILES string of the molecule is CNC(=O)c1c(-c2ccc(Oc3ccc(F)cc3)cc2)oc2cc3c(cc12)C(C)OC(C)(C)CN3.CSO. The third-order valence-corrected chi connectivity index (χ3v) is 6.12. The molecule has 5 rings (SSSR count). The normalized spacial score (nSPS) is 15.9. The van der Waals surface area contributed by atoms with Crippen LogP contribution in [0.4, 0.5) is 10.1 Å². The molecule has 0 fully saturated rings. The van der Waals surface area contributed by atoms with Crippen molar-refractivity contribution in [2.75, 3.05) is 25.2 Å². The first-order valence-electron chi connectivity index (χ1n) is 12.1. The number of nitrogens with one attached hydrogen (secondary N) is 2. The van der Waals surface area contributed by atoms with Crippen molar-refractivity contribution in [3.63, 3.8) is 0 Å². The number of anilines is 1. The van der Waals surface area contributed by atoms with Gasteiger partial charge in [-0.15, -0.1) is 0 Å². The lowest BCUT2D eigenvalue weighted by atomic mass is 10.0. The van der Waals surface area contributed by atoms with Crippen LogP contribution in [0.25, 0.3) is 22.3 Å². The molecule has 4 aromatic rings. The fourth-order valence-electron chi connectivity index (χ4n) is 4.41. The number of carbonyl (C=O) groups is 1. The van der Waals surface area contributed by atoms with Gasteiger partial charge < -0.3 is 29.1 Å². The van der Waals surface area contributed by atoms with E-state index in [1.54, 1.807) is 37.6 Å². The number of rotatable bonds is 4. The maximum Gasteiger partial charge on any atom is 0.255 e. The van der Waals surface area contributed by atoms with Gasteiger partial charge in [-0.25, -0.2) is 4.39 Å². The van der Waals surface area contributed by atoms with Crippen molar-refractivity contribution in [1.82, 2.24) is 5.32 Å². The van der Waals surface area contributed by atoms with Gasteiger partial charge in [-0.1, -0.05) is 0 Å². The number of fused-ring (bicyclic) bond motifs is 2. The van der Waals surface area contributed by atoms with Crippen molar-refractivity contribution in [3.05, 3.63) is 77.6 Å². The summed E-state index contributed by atoms with van der Waals surface area (Å²) in [5.41, 5.74) is 3.40. The third-order valence-electron chi connectivity index (χ3n) is 6.12. The minimum atomic E-state index is -0.327. The molecule has 7 nitrogen and oxygen atoms in total. The molecule has 0 spiro atoms. The molecule has 0 radical (unpaired) electrons. The Morgan fingerprint density at radius 2 is 1.74 bits per heavy atom. The number of hydrogen-bond acceptors (Lipinski definition) is 7. The van der Waals surface area contributed by atoms with Gasteiger partial charge in [0.05, 0.1) is 17.3 Å². The van der Waals surface area contributed by atoms with Gasteiger partial charge in [0.1, 0.15) is 28.7 Å². The Labute approximate surface area is 225 Å². The maximum atomic E-state index is 13.2. The molecule has 38 heavy (non-hydrogen) atoms. The molecule has 3 N–H and O–H groups in total. The van der Waals surface area contributed by atoms with Crippen molar-refractivity contribution >= 4 is 34.6 Å². The van der Waals surface area contributed by atoms with Crippen LogP contribution < -0.4 is 15.4 Å². The molecule has 0 aliphatic carbocycles. The van der Waals surface area contributed by atoms with Crippen LogP contribution in [0.1, 0.15) is 42.8 Å². The van der Waals surface area contributed by atoms with Gasteiger partial charge in [0, 0.05) is 48.1 Å². The predicted octanol–water partition coefficient (Wildman–Crippen LogP) is 7.49. The average molecular weight is 539 g/mol. The van der Waals surface area contributed by atoms with Crippen LogP contribution in [0.2, 0.25) is 0 Å². The lowest BCUT2D eigenvalue weighted by molar-refractivity contribution is -0.0529. The number of amides is 1. The van der Waals surface area contributed by atoms with Gasteiger partial charge >= 0.3 is 0 Å². The van der Waals surface area contributed by atoms with Crippen molar-refractivity contribution in [1.29, 1.82) is 0 Å². The highest BCUT2D eigenvalue weighted by molar-refractivity contribution is 7.93. The zero-order valence-corrected chi connectivity index (χ0v) is 22.7. The summed E-state index contributed by atoms with van der Waals surface area (Å²) in [5.74, 6) is 1.03. The highest BCUT2D eigenvalue weighted by atomic mass is 32.2. The van der Waals surface area contributed by atoms with E-state index in [0.29, 0.717) is 35.0 Å². The molecule has 1 aliphatic heterocycles. The van der Waals surface area contributed by atoms with Crippen molar-refractivity contribution < 1.29 is 27.6 Å². The number of benzene rings is 3. The Balaban J connectivity index is 0.00000107. The monoisotopic (exact) mass is 538 g/mol. The van der Waals surface area contributed by atoms with Crippen LogP contribution in [-0.4, -0.2) is 35.9 Å². The van der Waals surface area contributed by atoms with Crippen LogP contribution >= 0.6 is 12.0 Å². The Hall–Kier alpha value is -3.53. The first-order chi connectivity index (χ1) is 18.2. The van der Waals surface area contributed by atoms with E-state index in [4.69, 9.17) is 18.4 Å². The standard InChI is InChI=1S/C28H27FN2O4.CH4OS/c1-16-21-13-22-24(14-23(21)31-15-28(2,3)35-16)34-26(25(22)27(32)30-4)17-5-9-19(10-6-17)33-20-11-7-18(29)8-12-20;1-3-2/h5-14,16,31H,15H2,1-4H3,(H,30,32);2H,1H3. The van der Waals surface area contributed by atoms with Gasteiger partial charge in [0.2, 0.25) is 0 Å². The predicted molar refractivity (Wildman–Crippen MR) is 150 cm³/mol. The van der Waals surface area contributed by atoms with Crippen LogP contribution in [0.3, 0.4) is 0 Å². The molecular weight excluding hydrogens is 507 g/mol. The topological polar surface area (TPSA) is 93.0 Å². The summed E-state index contributed by atoms with van der Waals surface area (Å²) in [5, 5.41) is 6.92. The van der Waals surface area contributed by atoms with E-state index in [9.17, 15) is 9.18 Å². The Morgan fingerprint density at radius 3 is 2.34 bits per heavy atom. The smallest absolute Gasteiger partial charge is 0.255 e. The summed E-state index contributed by atoms with van der Waals surface area (Å²) in [6, 6.07) is 17.0. The lowest BCUT2D eigenvalue weighted by Crippen LogP contribution is -2.31. The quantitative estimate of drug-likeness (QED) is 0.232. The number of furan rings is 1. The van der Waals surface area contributed by atoms with E-state index in [-0.39, 0.29) is 23.4 Å². The summed E-state index contributed by atoms with van der Waals surface area (Å²) in [7, 11) is 1.60. The van der Waals surface area contributed by atoms with Crippen LogP contribution in [0.15, 0.2) is 65.1 Å².